The zero-order valence-electron chi connectivity index (χ0n) is 16.3. The number of phenolic OH excluding ortho intramolecular Hbond substituents is 1. The van der Waals surface area contributed by atoms with Gasteiger partial charge in [-0.3, -0.25) is 0 Å². The summed E-state index contributed by atoms with van der Waals surface area (Å²) in [6, 6.07) is 15.1. The van der Waals surface area contributed by atoms with Crippen LogP contribution in [0.1, 0.15) is 29.4 Å². The van der Waals surface area contributed by atoms with Crippen molar-refractivity contribution >= 4 is 22.7 Å². The molecule has 0 aliphatic heterocycles. The number of phenols is 1. The minimum Gasteiger partial charge on any atom is -0.508 e. The molecule has 29 heavy (non-hydrogen) atoms. The van der Waals surface area contributed by atoms with Gasteiger partial charge in [0, 0.05) is 36.7 Å². The van der Waals surface area contributed by atoms with E-state index in [1.54, 1.807) is 0 Å². The lowest BCUT2D eigenvalue weighted by atomic mass is 10.1. The van der Waals surface area contributed by atoms with E-state index in [-0.39, 0.29) is 5.75 Å². The van der Waals surface area contributed by atoms with Gasteiger partial charge >= 0.3 is 5.63 Å². The van der Waals surface area contributed by atoms with Gasteiger partial charge in [0.25, 0.3) is 0 Å². The van der Waals surface area contributed by atoms with Gasteiger partial charge in [0.1, 0.15) is 17.2 Å². The molecular weight excluding hydrogens is 386 g/mol. The van der Waals surface area contributed by atoms with Crippen molar-refractivity contribution in [3.8, 4) is 5.75 Å². The predicted molar refractivity (Wildman–Crippen MR) is 113 cm³/mol. The van der Waals surface area contributed by atoms with Gasteiger partial charge < -0.3 is 14.1 Å². The van der Waals surface area contributed by atoms with Crippen LogP contribution in [-0.4, -0.2) is 19.9 Å². The summed E-state index contributed by atoms with van der Waals surface area (Å²) in [5, 5.41) is 20.3. The monoisotopic (exact) mass is 407 g/mol. The Hall–Kier alpha value is -3.06. The molecule has 2 heterocycles. The zero-order chi connectivity index (χ0) is 20.4. The standard InChI is InChI=1S/C22H21N3O3S/c1-3-15-10-17-16(11-21(27)28-19(17)12-18(15)26)13-29-22-24-23-20(25(22)2)9-14-7-5-4-6-8-14/h4-8,10-12,26H,3,9,13H2,1-2H3. The maximum Gasteiger partial charge on any atom is 0.336 e. The number of benzene rings is 2. The molecule has 0 bridgehead atoms. The smallest absolute Gasteiger partial charge is 0.336 e. The van der Waals surface area contributed by atoms with E-state index >= 15 is 0 Å². The van der Waals surface area contributed by atoms with Crippen molar-refractivity contribution in [2.45, 2.75) is 30.7 Å². The predicted octanol–water partition coefficient (Wildman–Crippen LogP) is 4.07. The molecule has 2 aromatic heterocycles. The van der Waals surface area contributed by atoms with E-state index < -0.39 is 5.63 Å². The summed E-state index contributed by atoms with van der Waals surface area (Å²) in [5.74, 6) is 1.58. The summed E-state index contributed by atoms with van der Waals surface area (Å²) in [5.41, 5.74) is 2.81. The second-order valence-corrected chi connectivity index (χ2v) is 7.77. The number of fused-ring (bicyclic) bond motifs is 1. The van der Waals surface area contributed by atoms with Crippen LogP contribution < -0.4 is 5.63 Å². The van der Waals surface area contributed by atoms with Gasteiger partial charge in [0.15, 0.2) is 5.16 Å². The molecular formula is C22H21N3O3S. The lowest BCUT2D eigenvalue weighted by Gasteiger charge is -2.09. The van der Waals surface area contributed by atoms with Gasteiger partial charge in [0.05, 0.1) is 0 Å². The molecule has 6 nitrogen and oxygen atoms in total. The Morgan fingerprint density at radius 1 is 1.10 bits per heavy atom. The van der Waals surface area contributed by atoms with Crippen LogP contribution in [0.15, 0.2) is 62.9 Å². The van der Waals surface area contributed by atoms with Crippen molar-refractivity contribution in [1.82, 2.24) is 14.8 Å². The largest absolute Gasteiger partial charge is 0.508 e. The number of aryl methyl sites for hydroxylation is 1. The summed E-state index contributed by atoms with van der Waals surface area (Å²) in [6.07, 6.45) is 1.40. The molecule has 2 aromatic carbocycles. The third-order valence-corrected chi connectivity index (χ3v) is 5.97. The maximum absolute atomic E-state index is 12.0. The van der Waals surface area contributed by atoms with Crippen molar-refractivity contribution in [2.24, 2.45) is 7.05 Å². The summed E-state index contributed by atoms with van der Waals surface area (Å²) in [4.78, 5) is 12.0. The van der Waals surface area contributed by atoms with Crippen LogP contribution in [-0.2, 0) is 25.6 Å². The van der Waals surface area contributed by atoms with E-state index in [4.69, 9.17) is 4.42 Å². The number of aromatic nitrogens is 3. The fourth-order valence-electron chi connectivity index (χ4n) is 3.26. The Labute approximate surface area is 172 Å². The second-order valence-electron chi connectivity index (χ2n) is 6.83. The van der Waals surface area contributed by atoms with Crippen LogP contribution in [0.5, 0.6) is 5.75 Å². The minimum absolute atomic E-state index is 0.145. The molecule has 0 aliphatic rings. The van der Waals surface area contributed by atoms with Crippen LogP contribution in [0.25, 0.3) is 11.0 Å². The lowest BCUT2D eigenvalue weighted by molar-refractivity contribution is 0.466. The molecule has 0 atom stereocenters. The molecule has 0 aliphatic carbocycles. The first-order chi connectivity index (χ1) is 14.0. The van der Waals surface area contributed by atoms with Crippen molar-refractivity contribution < 1.29 is 9.52 Å². The number of nitrogens with zero attached hydrogens (tertiary/aromatic N) is 3. The molecule has 148 valence electrons. The first-order valence-electron chi connectivity index (χ1n) is 9.38. The summed E-state index contributed by atoms with van der Waals surface area (Å²) in [6.45, 7) is 1.97. The summed E-state index contributed by atoms with van der Waals surface area (Å²) >= 11 is 1.52. The van der Waals surface area contributed by atoms with E-state index in [2.05, 4.69) is 22.3 Å². The Morgan fingerprint density at radius 2 is 1.90 bits per heavy atom. The molecule has 0 saturated heterocycles. The zero-order valence-corrected chi connectivity index (χ0v) is 17.1. The fourth-order valence-corrected chi connectivity index (χ4v) is 4.18. The highest BCUT2D eigenvalue weighted by molar-refractivity contribution is 7.98. The lowest BCUT2D eigenvalue weighted by Crippen LogP contribution is -2.02. The first kappa shape index (κ1) is 19.3. The normalized spacial score (nSPS) is 11.2. The number of rotatable bonds is 6. The first-order valence-corrected chi connectivity index (χ1v) is 10.4. The third-order valence-electron chi connectivity index (χ3n) is 4.90. The van der Waals surface area contributed by atoms with Crippen LogP contribution in [0.4, 0.5) is 0 Å². The molecule has 4 rings (SSSR count). The highest BCUT2D eigenvalue weighted by Crippen LogP contribution is 2.30. The molecule has 0 spiro atoms. The average molecular weight is 407 g/mol. The van der Waals surface area contributed by atoms with E-state index in [9.17, 15) is 9.90 Å². The van der Waals surface area contributed by atoms with E-state index in [0.717, 1.165) is 27.5 Å². The van der Waals surface area contributed by atoms with Gasteiger partial charge in [-0.2, -0.15) is 0 Å². The molecule has 4 aromatic rings. The van der Waals surface area contributed by atoms with Crippen LogP contribution >= 0.6 is 11.8 Å². The van der Waals surface area contributed by atoms with Crippen LogP contribution in [0.3, 0.4) is 0 Å². The van der Waals surface area contributed by atoms with Crippen molar-refractivity contribution in [2.75, 3.05) is 0 Å². The number of aromatic hydroxyl groups is 1. The van der Waals surface area contributed by atoms with Crippen LogP contribution in [0.2, 0.25) is 0 Å². The van der Waals surface area contributed by atoms with E-state index in [1.165, 1.54) is 29.5 Å². The Bertz CT molecular complexity index is 1220. The summed E-state index contributed by atoms with van der Waals surface area (Å²) in [7, 11) is 1.95. The van der Waals surface area contributed by atoms with Gasteiger partial charge in [-0.15, -0.1) is 10.2 Å². The average Bonchev–Trinajstić information content (AvgIpc) is 3.05. The number of hydrogen-bond acceptors (Lipinski definition) is 6. The van der Waals surface area contributed by atoms with Gasteiger partial charge in [0.2, 0.25) is 0 Å². The topological polar surface area (TPSA) is 81.2 Å². The quantitative estimate of drug-likeness (QED) is 0.383. The highest BCUT2D eigenvalue weighted by Gasteiger charge is 2.14. The summed E-state index contributed by atoms with van der Waals surface area (Å²) < 4.78 is 7.25. The SMILES string of the molecule is CCc1cc2c(CSc3nnc(Cc4ccccc4)n3C)cc(=O)oc2cc1O. The molecule has 7 heteroatoms. The minimum atomic E-state index is -0.431. The Kier molecular flexibility index (Phi) is 5.40. The van der Waals surface area contributed by atoms with E-state index in [0.29, 0.717) is 24.2 Å². The Balaban J connectivity index is 1.59. The molecule has 0 unspecified atom stereocenters. The Morgan fingerprint density at radius 3 is 2.66 bits per heavy atom. The highest BCUT2D eigenvalue weighted by atomic mass is 32.2. The van der Waals surface area contributed by atoms with E-state index in [1.807, 2.05) is 42.8 Å². The molecule has 1 N–H and O–H groups in total. The number of hydrogen-bond donors (Lipinski definition) is 1. The van der Waals surface area contributed by atoms with Crippen molar-refractivity contribution in [3.63, 3.8) is 0 Å². The van der Waals surface area contributed by atoms with Gasteiger partial charge in [-0.25, -0.2) is 4.79 Å². The van der Waals surface area contributed by atoms with Crippen molar-refractivity contribution in [1.29, 1.82) is 0 Å². The molecule has 0 radical (unpaired) electrons. The molecule has 0 saturated carbocycles. The van der Waals surface area contributed by atoms with Crippen LogP contribution in [0, 0.1) is 0 Å². The molecule has 0 fully saturated rings. The fraction of sp³-hybridized carbons (Fsp3) is 0.227. The van der Waals surface area contributed by atoms with Crippen molar-refractivity contribution in [3.05, 3.63) is 81.5 Å². The second kappa shape index (κ2) is 8.13. The number of thioether (sulfide) groups is 1. The third kappa shape index (κ3) is 4.05. The maximum atomic E-state index is 12.0. The van der Waals surface area contributed by atoms with Gasteiger partial charge in [-0.05, 0) is 29.2 Å². The van der Waals surface area contributed by atoms with Gasteiger partial charge in [-0.1, -0.05) is 49.0 Å². The molecule has 0 amide bonds.